The van der Waals surface area contributed by atoms with Crippen LogP contribution in [0.3, 0.4) is 0 Å². The second kappa shape index (κ2) is 5.89. The molecule has 0 spiro atoms. The summed E-state index contributed by atoms with van der Waals surface area (Å²) in [5, 5.41) is 0. The van der Waals surface area contributed by atoms with Crippen LogP contribution < -0.4 is 5.73 Å². The third-order valence-electron chi connectivity index (χ3n) is 2.11. The Bertz CT molecular complexity index is 307. The molecule has 0 unspecified atom stereocenters. The average Bonchev–Trinajstić information content (AvgIpc) is 2.20. The predicted octanol–water partition coefficient (Wildman–Crippen LogP) is 2.74. The van der Waals surface area contributed by atoms with Crippen LogP contribution in [-0.2, 0) is 5.75 Å². The Balaban J connectivity index is 2.39. The predicted molar refractivity (Wildman–Crippen MR) is 65.5 cm³/mol. The van der Waals surface area contributed by atoms with E-state index in [4.69, 9.17) is 5.73 Å². The van der Waals surface area contributed by atoms with Gasteiger partial charge in [-0.2, -0.15) is 11.8 Å². The van der Waals surface area contributed by atoms with E-state index in [0.29, 0.717) is 6.54 Å². The van der Waals surface area contributed by atoms with Crippen molar-refractivity contribution < 1.29 is 0 Å². The Labute approximate surface area is 90.4 Å². The van der Waals surface area contributed by atoms with Crippen molar-refractivity contribution in [1.29, 1.82) is 0 Å². The van der Waals surface area contributed by atoms with Crippen LogP contribution >= 0.6 is 11.8 Å². The van der Waals surface area contributed by atoms with Crippen molar-refractivity contribution in [3.05, 3.63) is 47.5 Å². The number of benzene rings is 1. The summed E-state index contributed by atoms with van der Waals surface area (Å²) in [4.78, 5) is 0. The molecule has 1 rings (SSSR count). The highest BCUT2D eigenvalue weighted by Gasteiger charge is 1.97. The lowest BCUT2D eigenvalue weighted by atomic mass is 10.1. The van der Waals surface area contributed by atoms with Crippen molar-refractivity contribution in [1.82, 2.24) is 0 Å². The lowest BCUT2D eigenvalue weighted by Crippen LogP contribution is -2.03. The van der Waals surface area contributed by atoms with Gasteiger partial charge in [-0.25, -0.2) is 0 Å². The summed E-state index contributed by atoms with van der Waals surface area (Å²) in [6, 6.07) is 8.48. The smallest absolute Gasteiger partial charge is 0.0190 e. The van der Waals surface area contributed by atoms with Gasteiger partial charge in [-0.15, -0.1) is 0 Å². The molecule has 76 valence electrons. The molecule has 14 heavy (non-hydrogen) atoms. The molecule has 1 aromatic carbocycles. The number of hydrogen-bond acceptors (Lipinski definition) is 2. The summed E-state index contributed by atoms with van der Waals surface area (Å²) in [7, 11) is 0. The zero-order valence-electron chi connectivity index (χ0n) is 8.62. The maximum absolute atomic E-state index is 5.47. The van der Waals surface area contributed by atoms with Gasteiger partial charge in [0.25, 0.3) is 0 Å². The van der Waals surface area contributed by atoms with Gasteiger partial charge in [0.1, 0.15) is 0 Å². The molecule has 0 bridgehead atoms. The molecule has 0 aromatic heterocycles. The summed E-state index contributed by atoms with van der Waals surface area (Å²) in [5.74, 6) is 2.01. The first-order valence-electron chi connectivity index (χ1n) is 4.73. The first kappa shape index (κ1) is 11.3. The highest BCUT2D eigenvalue weighted by Crippen LogP contribution is 2.17. The van der Waals surface area contributed by atoms with E-state index in [9.17, 15) is 0 Å². The van der Waals surface area contributed by atoms with E-state index >= 15 is 0 Å². The van der Waals surface area contributed by atoms with Gasteiger partial charge in [0, 0.05) is 18.1 Å². The average molecular weight is 207 g/mol. The molecule has 0 amide bonds. The van der Waals surface area contributed by atoms with Crippen molar-refractivity contribution in [2.24, 2.45) is 5.73 Å². The lowest BCUT2D eigenvalue weighted by molar-refractivity contribution is 1.15. The van der Waals surface area contributed by atoms with Crippen LogP contribution in [0.15, 0.2) is 36.4 Å². The van der Waals surface area contributed by atoms with Crippen LogP contribution in [0.1, 0.15) is 11.1 Å². The maximum atomic E-state index is 5.47. The molecule has 0 radical (unpaired) electrons. The van der Waals surface area contributed by atoms with Gasteiger partial charge in [-0.1, -0.05) is 36.4 Å². The van der Waals surface area contributed by atoms with E-state index < -0.39 is 0 Å². The van der Waals surface area contributed by atoms with E-state index in [1.54, 1.807) is 0 Å². The zero-order chi connectivity index (χ0) is 10.4. The summed E-state index contributed by atoms with van der Waals surface area (Å²) >= 11 is 1.87. The van der Waals surface area contributed by atoms with Crippen LogP contribution in [0.2, 0.25) is 0 Å². The van der Waals surface area contributed by atoms with Crippen LogP contribution in [-0.4, -0.2) is 12.3 Å². The van der Waals surface area contributed by atoms with E-state index in [1.807, 2.05) is 11.8 Å². The molecule has 1 aromatic rings. The number of aryl methyl sites for hydroxylation is 1. The third-order valence-corrected chi connectivity index (χ3v) is 3.24. The molecule has 0 atom stereocenters. The molecule has 0 aliphatic heterocycles. The third kappa shape index (κ3) is 3.56. The maximum Gasteiger partial charge on any atom is 0.0190 e. The molecule has 1 nitrogen and oxygen atoms in total. The number of hydrogen-bond donors (Lipinski definition) is 1. The Hall–Kier alpha value is -0.730. The van der Waals surface area contributed by atoms with E-state index in [0.717, 1.165) is 17.1 Å². The highest BCUT2D eigenvalue weighted by molar-refractivity contribution is 7.98. The molecule has 0 aliphatic carbocycles. The SMILES string of the molecule is C=C(CN)CSCc1ccccc1C. The lowest BCUT2D eigenvalue weighted by Gasteiger charge is -2.05. The highest BCUT2D eigenvalue weighted by atomic mass is 32.2. The second-order valence-electron chi connectivity index (χ2n) is 3.37. The van der Waals surface area contributed by atoms with Gasteiger partial charge >= 0.3 is 0 Å². The van der Waals surface area contributed by atoms with Crippen molar-refractivity contribution in [3.63, 3.8) is 0 Å². The van der Waals surface area contributed by atoms with E-state index in [1.165, 1.54) is 11.1 Å². The van der Waals surface area contributed by atoms with Crippen molar-refractivity contribution in [3.8, 4) is 0 Å². The van der Waals surface area contributed by atoms with Crippen LogP contribution in [0.4, 0.5) is 0 Å². The zero-order valence-corrected chi connectivity index (χ0v) is 9.44. The monoisotopic (exact) mass is 207 g/mol. The fraction of sp³-hybridized carbons (Fsp3) is 0.333. The Kier molecular flexibility index (Phi) is 4.77. The number of rotatable bonds is 5. The van der Waals surface area contributed by atoms with Crippen LogP contribution in [0, 0.1) is 6.92 Å². The minimum atomic E-state index is 0.598. The molecule has 0 saturated heterocycles. The van der Waals surface area contributed by atoms with Gasteiger partial charge in [-0.05, 0) is 18.1 Å². The molecule has 0 aliphatic rings. The normalized spacial score (nSPS) is 10.1. The quantitative estimate of drug-likeness (QED) is 0.751. The molecule has 2 N–H and O–H groups in total. The van der Waals surface area contributed by atoms with Gasteiger partial charge in [0.2, 0.25) is 0 Å². The fourth-order valence-corrected chi connectivity index (χ4v) is 2.19. The van der Waals surface area contributed by atoms with Crippen molar-refractivity contribution in [2.75, 3.05) is 12.3 Å². The Morgan fingerprint density at radius 2 is 2.14 bits per heavy atom. The molecular weight excluding hydrogens is 190 g/mol. The van der Waals surface area contributed by atoms with Gasteiger partial charge in [0.15, 0.2) is 0 Å². The molecule has 0 fully saturated rings. The second-order valence-corrected chi connectivity index (χ2v) is 4.36. The molecule has 2 heteroatoms. The summed E-state index contributed by atoms with van der Waals surface area (Å²) in [5.41, 5.74) is 9.35. The fourth-order valence-electron chi connectivity index (χ4n) is 1.14. The van der Waals surface area contributed by atoms with Crippen LogP contribution in [0.25, 0.3) is 0 Å². The van der Waals surface area contributed by atoms with Crippen molar-refractivity contribution in [2.45, 2.75) is 12.7 Å². The number of nitrogens with two attached hydrogens (primary N) is 1. The standard InChI is InChI=1S/C12H17NS/c1-10(7-13)8-14-9-12-6-4-3-5-11(12)2/h3-6H,1,7-9,13H2,2H3. The Morgan fingerprint density at radius 3 is 2.79 bits per heavy atom. The van der Waals surface area contributed by atoms with E-state index in [2.05, 4.69) is 37.8 Å². The molecule has 0 heterocycles. The molecular formula is C12H17NS. The largest absolute Gasteiger partial charge is 0.327 e. The van der Waals surface area contributed by atoms with E-state index in [-0.39, 0.29) is 0 Å². The summed E-state index contributed by atoms with van der Waals surface area (Å²) < 4.78 is 0. The van der Waals surface area contributed by atoms with Gasteiger partial charge in [-0.3, -0.25) is 0 Å². The minimum absolute atomic E-state index is 0.598. The first-order chi connectivity index (χ1) is 6.74. The number of thioether (sulfide) groups is 1. The van der Waals surface area contributed by atoms with Gasteiger partial charge < -0.3 is 5.73 Å². The first-order valence-corrected chi connectivity index (χ1v) is 5.88. The topological polar surface area (TPSA) is 26.0 Å². The summed E-state index contributed by atoms with van der Waals surface area (Å²) in [6.45, 7) is 6.63. The van der Waals surface area contributed by atoms with Crippen LogP contribution in [0.5, 0.6) is 0 Å². The minimum Gasteiger partial charge on any atom is -0.327 e. The van der Waals surface area contributed by atoms with Crippen molar-refractivity contribution >= 4 is 11.8 Å². The molecule has 0 saturated carbocycles. The Morgan fingerprint density at radius 1 is 1.43 bits per heavy atom. The summed E-state index contributed by atoms with van der Waals surface area (Å²) in [6.07, 6.45) is 0. The van der Waals surface area contributed by atoms with Gasteiger partial charge in [0.05, 0.1) is 0 Å².